The minimum absolute atomic E-state index is 0.0903. The molecule has 3 N–H and O–H groups in total. The molecule has 4 heteroatoms. The van der Waals surface area contributed by atoms with Crippen molar-refractivity contribution in [1.29, 1.82) is 0 Å². The fourth-order valence-electron chi connectivity index (χ4n) is 1.08. The van der Waals surface area contributed by atoms with Crippen molar-refractivity contribution in [2.45, 2.75) is 0 Å². The standard InChI is InChI=1S/C8H6O4/c9-5-3-1-2-4-6(10)8(11)12-7(4)5/h1-3,9-11H. The summed E-state index contributed by atoms with van der Waals surface area (Å²) in [6, 6.07) is 4.49. The Morgan fingerprint density at radius 1 is 1.08 bits per heavy atom. The van der Waals surface area contributed by atoms with Crippen LogP contribution in [0.4, 0.5) is 0 Å². The highest BCUT2D eigenvalue weighted by atomic mass is 16.5. The summed E-state index contributed by atoms with van der Waals surface area (Å²) in [5, 5.41) is 27.6. The minimum atomic E-state index is -0.577. The Morgan fingerprint density at radius 3 is 2.50 bits per heavy atom. The van der Waals surface area contributed by atoms with Gasteiger partial charge in [0.1, 0.15) is 0 Å². The quantitative estimate of drug-likeness (QED) is 0.555. The highest BCUT2D eigenvalue weighted by Crippen LogP contribution is 2.40. The first-order valence-electron chi connectivity index (χ1n) is 3.32. The second-order valence-electron chi connectivity index (χ2n) is 2.41. The lowest BCUT2D eigenvalue weighted by molar-refractivity contribution is 0.314. The number of aromatic hydroxyl groups is 3. The number of para-hydroxylation sites is 1. The molecule has 1 aromatic carbocycles. The summed E-state index contributed by atoms with van der Waals surface area (Å²) >= 11 is 0. The maximum atomic E-state index is 9.19. The molecule has 0 saturated carbocycles. The van der Waals surface area contributed by atoms with Gasteiger partial charge in [-0.25, -0.2) is 0 Å². The maximum Gasteiger partial charge on any atom is 0.327 e. The molecule has 4 nitrogen and oxygen atoms in total. The Morgan fingerprint density at radius 2 is 1.83 bits per heavy atom. The Kier molecular flexibility index (Phi) is 1.18. The van der Waals surface area contributed by atoms with Gasteiger partial charge in [0.15, 0.2) is 11.3 Å². The molecule has 12 heavy (non-hydrogen) atoms. The van der Waals surface area contributed by atoms with Gasteiger partial charge < -0.3 is 19.7 Å². The Hall–Kier alpha value is -1.84. The van der Waals surface area contributed by atoms with Gasteiger partial charge in [-0.2, -0.15) is 0 Å². The van der Waals surface area contributed by atoms with Crippen molar-refractivity contribution in [1.82, 2.24) is 0 Å². The van der Waals surface area contributed by atoms with E-state index in [-0.39, 0.29) is 17.1 Å². The summed E-state index contributed by atoms with van der Waals surface area (Å²) in [5.74, 6) is -1.03. The van der Waals surface area contributed by atoms with E-state index in [4.69, 9.17) is 10.2 Å². The van der Waals surface area contributed by atoms with Gasteiger partial charge in [0.25, 0.3) is 0 Å². The molecule has 0 atom stereocenters. The fraction of sp³-hybridized carbons (Fsp3) is 0. The summed E-state index contributed by atoms with van der Waals surface area (Å²) in [6.45, 7) is 0. The molecule has 0 fully saturated rings. The van der Waals surface area contributed by atoms with Gasteiger partial charge in [-0.15, -0.1) is 0 Å². The van der Waals surface area contributed by atoms with Crippen LogP contribution >= 0.6 is 0 Å². The second kappa shape index (κ2) is 2.07. The number of phenolic OH excluding ortho intramolecular Hbond substituents is 1. The van der Waals surface area contributed by atoms with Crippen LogP contribution in [-0.4, -0.2) is 15.3 Å². The van der Waals surface area contributed by atoms with E-state index in [1.807, 2.05) is 0 Å². The molecule has 1 aromatic heterocycles. The summed E-state index contributed by atoms with van der Waals surface area (Å²) in [7, 11) is 0. The molecule has 0 saturated heterocycles. The van der Waals surface area contributed by atoms with Crippen molar-refractivity contribution < 1.29 is 19.7 Å². The van der Waals surface area contributed by atoms with Crippen LogP contribution in [0.15, 0.2) is 22.6 Å². The molecule has 0 bridgehead atoms. The number of furan rings is 1. The lowest BCUT2D eigenvalue weighted by Crippen LogP contribution is -1.65. The molecular weight excluding hydrogens is 160 g/mol. The molecule has 0 spiro atoms. The molecule has 0 radical (unpaired) electrons. The van der Waals surface area contributed by atoms with Crippen molar-refractivity contribution in [3.05, 3.63) is 18.2 Å². The van der Waals surface area contributed by atoms with E-state index in [1.165, 1.54) is 12.1 Å². The van der Waals surface area contributed by atoms with Crippen LogP contribution < -0.4 is 0 Å². The molecule has 0 aliphatic rings. The van der Waals surface area contributed by atoms with E-state index in [1.54, 1.807) is 6.07 Å². The SMILES string of the molecule is Oc1oc2c(O)cccc2c1O. The number of benzene rings is 1. The first kappa shape index (κ1) is 6.84. The van der Waals surface area contributed by atoms with Gasteiger partial charge >= 0.3 is 5.95 Å². The molecule has 2 rings (SSSR count). The van der Waals surface area contributed by atoms with E-state index in [0.29, 0.717) is 5.39 Å². The third kappa shape index (κ3) is 0.717. The van der Waals surface area contributed by atoms with Crippen molar-refractivity contribution >= 4 is 11.0 Å². The molecule has 0 aliphatic heterocycles. The molecule has 62 valence electrons. The number of fused-ring (bicyclic) bond motifs is 1. The molecule has 0 aliphatic carbocycles. The highest BCUT2D eigenvalue weighted by Gasteiger charge is 2.13. The average Bonchev–Trinajstić information content (AvgIpc) is 2.32. The highest BCUT2D eigenvalue weighted by molar-refractivity contribution is 5.90. The molecule has 0 amide bonds. The van der Waals surface area contributed by atoms with Gasteiger partial charge in [-0.1, -0.05) is 6.07 Å². The molecular formula is C8H6O4. The Labute approximate surface area is 67.3 Å². The fourth-order valence-corrected chi connectivity index (χ4v) is 1.08. The Balaban J connectivity index is 2.95. The van der Waals surface area contributed by atoms with Crippen LogP contribution in [0.5, 0.6) is 17.4 Å². The van der Waals surface area contributed by atoms with E-state index >= 15 is 0 Å². The summed E-state index contributed by atoms with van der Waals surface area (Å²) in [5.41, 5.74) is 0.0903. The van der Waals surface area contributed by atoms with E-state index in [0.717, 1.165) is 0 Å². The number of hydrogen-bond acceptors (Lipinski definition) is 4. The average molecular weight is 166 g/mol. The van der Waals surface area contributed by atoms with Gasteiger partial charge in [0.2, 0.25) is 5.75 Å². The van der Waals surface area contributed by atoms with Crippen molar-refractivity contribution in [3.63, 3.8) is 0 Å². The van der Waals surface area contributed by atoms with Crippen molar-refractivity contribution in [2.24, 2.45) is 0 Å². The zero-order valence-electron chi connectivity index (χ0n) is 5.98. The number of hydrogen-bond donors (Lipinski definition) is 3. The van der Waals surface area contributed by atoms with E-state index in [9.17, 15) is 5.11 Å². The van der Waals surface area contributed by atoms with Crippen LogP contribution in [0.2, 0.25) is 0 Å². The van der Waals surface area contributed by atoms with Crippen LogP contribution in [0.3, 0.4) is 0 Å². The zero-order valence-corrected chi connectivity index (χ0v) is 5.98. The third-order valence-corrected chi connectivity index (χ3v) is 1.65. The summed E-state index contributed by atoms with van der Waals surface area (Å²) in [6.07, 6.45) is 0. The van der Waals surface area contributed by atoms with Crippen LogP contribution in [-0.2, 0) is 0 Å². The molecule has 2 aromatic rings. The lowest BCUT2D eigenvalue weighted by atomic mass is 10.2. The predicted molar refractivity (Wildman–Crippen MR) is 41.2 cm³/mol. The van der Waals surface area contributed by atoms with Crippen LogP contribution in [0, 0.1) is 0 Å². The normalized spacial score (nSPS) is 10.7. The van der Waals surface area contributed by atoms with Crippen molar-refractivity contribution in [3.8, 4) is 17.4 Å². The number of rotatable bonds is 0. The van der Waals surface area contributed by atoms with Crippen LogP contribution in [0.1, 0.15) is 0 Å². The van der Waals surface area contributed by atoms with Gasteiger partial charge in [-0.05, 0) is 12.1 Å². The summed E-state index contributed by atoms with van der Waals surface area (Å²) < 4.78 is 4.69. The number of phenols is 1. The predicted octanol–water partition coefficient (Wildman–Crippen LogP) is 1.55. The van der Waals surface area contributed by atoms with E-state index < -0.39 is 5.95 Å². The van der Waals surface area contributed by atoms with E-state index in [2.05, 4.69) is 4.42 Å². The van der Waals surface area contributed by atoms with Gasteiger partial charge in [-0.3, -0.25) is 0 Å². The minimum Gasteiger partial charge on any atom is -0.504 e. The summed E-state index contributed by atoms with van der Waals surface area (Å²) in [4.78, 5) is 0. The van der Waals surface area contributed by atoms with Crippen LogP contribution in [0.25, 0.3) is 11.0 Å². The smallest absolute Gasteiger partial charge is 0.327 e. The third-order valence-electron chi connectivity index (χ3n) is 1.65. The van der Waals surface area contributed by atoms with Gasteiger partial charge in [0, 0.05) is 0 Å². The monoisotopic (exact) mass is 166 g/mol. The largest absolute Gasteiger partial charge is 0.504 e. The van der Waals surface area contributed by atoms with Gasteiger partial charge in [0.05, 0.1) is 5.39 Å². The maximum absolute atomic E-state index is 9.19. The first-order valence-corrected chi connectivity index (χ1v) is 3.32. The zero-order chi connectivity index (χ0) is 8.72. The second-order valence-corrected chi connectivity index (χ2v) is 2.41. The first-order chi connectivity index (χ1) is 5.70. The molecule has 0 unspecified atom stereocenters. The topological polar surface area (TPSA) is 73.8 Å². The molecule has 1 heterocycles. The lowest BCUT2D eigenvalue weighted by Gasteiger charge is -1.89. The van der Waals surface area contributed by atoms with Crippen molar-refractivity contribution in [2.75, 3.05) is 0 Å². The Bertz CT molecular complexity index is 430.